The number of pyridine rings is 2. The third kappa shape index (κ3) is 3.35. The van der Waals surface area contributed by atoms with Gasteiger partial charge in [0.15, 0.2) is 11.6 Å². The lowest BCUT2D eigenvalue weighted by Crippen LogP contribution is -2.17. The smallest absolute Gasteiger partial charge is 0.247 e. The molecule has 0 saturated carbocycles. The predicted octanol–water partition coefficient (Wildman–Crippen LogP) is 1.47. The topological polar surface area (TPSA) is 96.7 Å². The summed E-state index contributed by atoms with van der Waals surface area (Å²) in [6.45, 7) is 2.24. The van der Waals surface area contributed by atoms with Crippen molar-refractivity contribution in [1.29, 1.82) is 0 Å². The highest BCUT2D eigenvalue weighted by Gasteiger charge is 2.15. The van der Waals surface area contributed by atoms with Crippen LogP contribution in [0.4, 0.5) is 0 Å². The number of aromatic nitrogens is 5. The Kier molecular flexibility index (Phi) is 4.29. The third-order valence-corrected chi connectivity index (χ3v) is 3.51. The number of hydrogen-bond donors (Lipinski definition) is 2. The number of nitrogens with one attached hydrogen (secondary N) is 1. The molecule has 0 radical (unpaired) electrons. The molecule has 3 aromatic rings. The molecule has 7 heteroatoms. The molecule has 7 nitrogen and oxygen atoms in total. The monoisotopic (exact) mass is 311 g/mol. The summed E-state index contributed by atoms with van der Waals surface area (Å²) < 4.78 is 1.66. The molecule has 1 atom stereocenters. The summed E-state index contributed by atoms with van der Waals surface area (Å²) in [5, 5.41) is 14.4. The van der Waals surface area contributed by atoms with Crippen molar-refractivity contribution < 1.29 is 5.11 Å². The third-order valence-electron chi connectivity index (χ3n) is 3.51. The van der Waals surface area contributed by atoms with E-state index in [0.29, 0.717) is 24.6 Å². The molecule has 0 bridgehead atoms. The van der Waals surface area contributed by atoms with Crippen molar-refractivity contribution in [2.45, 2.75) is 26.0 Å². The van der Waals surface area contributed by atoms with Gasteiger partial charge in [0.1, 0.15) is 0 Å². The fourth-order valence-electron chi connectivity index (χ4n) is 2.18. The zero-order valence-corrected chi connectivity index (χ0v) is 12.7. The lowest BCUT2D eigenvalue weighted by atomic mass is 10.2. The quantitative estimate of drug-likeness (QED) is 0.743. The molecule has 0 fully saturated rings. The molecule has 0 saturated heterocycles. The first kappa shape index (κ1) is 15.1. The molecule has 3 aromatic heterocycles. The van der Waals surface area contributed by atoms with E-state index in [-0.39, 0.29) is 5.56 Å². The summed E-state index contributed by atoms with van der Waals surface area (Å²) in [6, 6.07) is 6.78. The molecular formula is C16H17N5O2. The van der Waals surface area contributed by atoms with E-state index in [1.165, 1.54) is 6.07 Å². The van der Waals surface area contributed by atoms with Gasteiger partial charge in [-0.25, -0.2) is 9.67 Å². The van der Waals surface area contributed by atoms with Crippen molar-refractivity contribution >= 4 is 0 Å². The van der Waals surface area contributed by atoms with E-state index in [4.69, 9.17) is 0 Å². The first-order valence-electron chi connectivity index (χ1n) is 7.40. The number of rotatable bonds is 5. The van der Waals surface area contributed by atoms with Crippen LogP contribution < -0.4 is 5.56 Å². The highest BCUT2D eigenvalue weighted by molar-refractivity contribution is 5.60. The van der Waals surface area contributed by atoms with Gasteiger partial charge < -0.3 is 10.1 Å². The average molecular weight is 311 g/mol. The van der Waals surface area contributed by atoms with Crippen LogP contribution in [0.3, 0.4) is 0 Å². The minimum Gasteiger partial charge on any atom is -0.391 e. The number of aliphatic hydroxyl groups is 1. The van der Waals surface area contributed by atoms with E-state index in [2.05, 4.69) is 20.1 Å². The molecule has 0 spiro atoms. The first-order valence-corrected chi connectivity index (χ1v) is 7.40. The van der Waals surface area contributed by atoms with Crippen LogP contribution in [0.2, 0.25) is 0 Å². The number of aromatic amines is 1. The Bertz CT molecular complexity index is 821. The zero-order chi connectivity index (χ0) is 16.2. The van der Waals surface area contributed by atoms with E-state index in [0.717, 1.165) is 11.1 Å². The van der Waals surface area contributed by atoms with Crippen molar-refractivity contribution in [1.82, 2.24) is 24.7 Å². The highest BCUT2D eigenvalue weighted by atomic mass is 16.3. The van der Waals surface area contributed by atoms with Crippen LogP contribution in [0.1, 0.15) is 13.3 Å². The molecule has 118 valence electrons. The van der Waals surface area contributed by atoms with Gasteiger partial charge in [-0.3, -0.25) is 9.78 Å². The summed E-state index contributed by atoms with van der Waals surface area (Å²) in [5.74, 6) is 1.15. The van der Waals surface area contributed by atoms with Crippen molar-refractivity contribution in [2.24, 2.45) is 0 Å². The zero-order valence-electron chi connectivity index (χ0n) is 12.7. The maximum absolute atomic E-state index is 11.2. The summed E-state index contributed by atoms with van der Waals surface area (Å²) >= 11 is 0. The fourth-order valence-corrected chi connectivity index (χ4v) is 2.18. The molecule has 23 heavy (non-hydrogen) atoms. The van der Waals surface area contributed by atoms with Crippen LogP contribution in [-0.2, 0) is 6.54 Å². The molecular weight excluding hydrogens is 294 g/mol. The van der Waals surface area contributed by atoms with Gasteiger partial charge in [-0.05, 0) is 24.6 Å². The molecule has 0 aliphatic rings. The lowest BCUT2D eigenvalue weighted by Gasteiger charge is -2.09. The Labute approximate surface area is 132 Å². The first-order chi connectivity index (χ1) is 11.2. The molecule has 0 amide bonds. The molecule has 1 unspecified atom stereocenters. The van der Waals surface area contributed by atoms with Gasteiger partial charge >= 0.3 is 0 Å². The summed E-state index contributed by atoms with van der Waals surface area (Å²) in [6.07, 6.45) is 5.06. The second-order valence-corrected chi connectivity index (χ2v) is 5.18. The van der Waals surface area contributed by atoms with Gasteiger partial charge in [0, 0.05) is 35.8 Å². The van der Waals surface area contributed by atoms with Gasteiger partial charge in [0.05, 0.1) is 12.6 Å². The van der Waals surface area contributed by atoms with Crippen LogP contribution in [0.25, 0.3) is 22.8 Å². The van der Waals surface area contributed by atoms with Gasteiger partial charge in [-0.1, -0.05) is 6.92 Å². The van der Waals surface area contributed by atoms with E-state index in [1.807, 2.05) is 19.1 Å². The van der Waals surface area contributed by atoms with E-state index in [9.17, 15) is 9.90 Å². The fraction of sp³-hybridized carbons (Fsp3) is 0.250. The Hall–Kier alpha value is -2.80. The standard InChI is InChI=1S/C16H17N5O2/c1-2-13(22)10-21-16(12-3-4-14(23)18-9-12)19-15(20-21)11-5-7-17-8-6-11/h3-9,13,22H,2,10H2,1H3,(H,18,23). The second kappa shape index (κ2) is 6.53. The average Bonchev–Trinajstić information content (AvgIpc) is 3.00. The Balaban J connectivity index is 2.06. The van der Waals surface area contributed by atoms with Crippen molar-refractivity contribution in [3.63, 3.8) is 0 Å². The van der Waals surface area contributed by atoms with Gasteiger partial charge in [-0.15, -0.1) is 0 Å². The largest absolute Gasteiger partial charge is 0.391 e. The lowest BCUT2D eigenvalue weighted by molar-refractivity contribution is 0.146. The van der Waals surface area contributed by atoms with Crippen LogP contribution in [0.15, 0.2) is 47.7 Å². The van der Waals surface area contributed by atoms with Crippen molar-refractivity contribution in [3.8, 4) is 22.8 Å². The van der Waals surface area contributed by atoms with Crippen LogP contribution in [-0.4, -0.2) is 35.9 Å². The summed E-state index contributed by atoms with van der Waals surface area (Å²) in [5.41, 5.74) is 1.40. The summed E-state index contributed by atoms with van der Waals surface area (Å²) in [4.78, 5) is 22.4. The Morgan fingerprint density at radius 3 is 2.65 bits per heavy atom. The number of aliphatic hydroxyl groups excluding tert-OH is 1. The molecule has 0 aliphatic carbocycles. The highest BCUT2D eigenvalue weighted by Crippen LogP contribution is 2.21. The normalized spacial score (nSPS) is 12.3. The molecule has 0 aliphatic heterocycles. The van der Waals surface area contributed by atoms with Crippen LogP contribution in [0.5, 0.6) is 0 Å². The van der Waals surface area contributed by atoms with E-state index >= 15 is 0 Å². The Morgan fingerprint density at radius 1 is 1.22 bits per heavy atom. The maximum atomic E-state index is 11.2. The minimum atomic E-state index is -0.511. The predicted molar refractivity (Wildman–Crippen MR) is 85.6 cm³/mol. The SMILES string of the molecule is CCC(O)Cn1nc(-c2ccncc2)nc1-c1ccc(=O)[nH]c1. The number of hydrogen-bond acceptors (Lipinski definition) is 5. The van der Waals surface area contributed by atoms with Crippen molar-refractivity contribution in [2.75, 3.05) is 0 Å². The van der Waals surface area contributed by atoms with Gasteiger partial charge in [-0.2, -0.15) is 5.10 Å². The van der Waals surface area contributed by atoms with Gasteiger partial charge in [0.25, 0.3) is 0 Å². The van der Waals surface area contributed by atoms with Gasteiger partial charge in [0.2, 0.25) is 5.56 Å². The number of H-pyrrole nitrogens is 1. The Morgan fingerprint density at radius 2 is 2.00 bits per heavy atom. The van der Waals surface area contributed by atoms with Crippen LogP contribution in [0, 0.1) is 0 Å². The molecule has 2 N–H and O–H groups in total. The molecule has 3 heterocycles. The molecule has 0 aromatic carbocycles. The van der Waals surface area contributed by atoms with E-state index < -0.39 is 6.10 Å². The summed E-state index contributed by atoms with van der Waals surface area (Å²) in [7, 11) is 0. The van der Waals surface area contributed by atoms with Crippen molar-refractivity contribution in [3.05, 3.63) is 53.2 Å². The maximum Gasteiger partial charge on any atom is 0.247 e. The number of nitrogens with zero attached hydrogens (tertiary/aromatic N) is 4. The van der Waals surface area contributed by atoms with E-state index in [1.54, 1.807) is 29.3 Å². The van der Waals surface area contributed by atoms with Crippen LogP contribution >= 0.6 is 0 Å². The second-order valence-electron chi connectivity index (χ2n) is 5.18. The molecule has 3 rings (SSSR count). The minimum absolute atomic E-state index is 0.178.